The molecule has 2 heterocycles. The zero-order chi connectivity index (χ0) is 15.0. The van der Waals surface area contributed by atoms with E-state index in [-0.39, 0.29) is 18.4 Å². The summed E-state index contributed by atoms with van der Waals surface area (Å²) >= 11 is -1.87. The molecule has 0 amide bonds. The number of rotatable bonds is 3. The van der Waals surface area contributed by atoms with Crippen molar-refractivity contribution in [3.8, 4) is 0 Å². The summed E-state index contributed by atoms with van der Waals surface area (Å²) in [5, 5.41) is 19.3. The van der Waals surface area contributed by atoms with E-state index >= 15 is 0 Å². The summed E-state index contributed by atoms with van der Waals surface area (Å²) in [4.78, 5) is 9.00. The van der Waals surface area contributed by atoms with Crippen molar-refractivity contribution >= 4 is 35.1 Å². The Morgan fingerprint density at radius 1 is 1.43 bits per heavy atom. The molecule has 5 nitrogen and oxygen atoms in total. The standard InChI is InChI=1S/C15H18IN3O2/c1-9-2-5-14(21)13(18-9)7-16-11-6-10(8-20)3-4-12(11)19-15(16)17/h3-6,9,20-21H,2,7-8H2,1H3,(H2,17,19). The van der Waals surface area contributed by atoms with Gasteiger partial charge in [-0.1, -0.05) is 0 Å². The van der Waals surface area contributed by atoms with E-state index in [9.17, 15) is 10.2 Å². The zero-order valence-corrected chi connectivity index (χ0v) is 13.9. The maximum atomic E-state index is 10.0. The second-order valence-electron chi connectivity index (χ2n) is 5.12. The van der Waals surface area contributed by atoms with Crippen molar-refractivity contribution in [2.45, 2.75) is 26.0 Å². The van der Waals surface area contributed by atoms with Gasteiger partial charge in [-0.3, -0.25) is 0 Å². The molecule has 112 valence electrons. The molecule has 0 saturated carbocycles. The van der Waals surface area contributed by atoms with Crippen LogP contribution in [0.1, 0.15) is 18.9 Å². The molecule has 1 aromatic carbocycles. The molecule has 2 aliphatic rings. The fourth-order valence-electron chi connectivity index (χ4n) is 2.35. The first kappa shape index (κ1) is 14.5. The van der Waals surface area contributed by atoms with Crippen LogP contribution < -0.4 is 5.73 Å². The Morgan fingerprint density at radius 3 is 3.00 bits per heavy atom. The van der Waals surface area contributed by atoms with Gasteiger partial charge in [-0.15, -0.1) is 0 Å². The number of dihydropyridines is 1. The summed E-state index contributed by atoms with van der Waals surface area (Å²) < 4.78 is 2.53. The van der Waals surface area contributed by atoms with E-state index in [1.165, 1.54) is 0 Å². The third-order valence-corrected chi connectivity index (χ3v) is 8.81. The van der Waals surface area contributed by atoms with Gasteiger partial charge in [0.1, 0.15) is 0 Å². The van der Waals surface area contributed by atoms with Gasteiger partial charge in [0.05, 0.1) is 0 Å². The van der Waals surface area contributed by atoms with Gasteiger partial charge in [0.2, 0.25) is 0 Å². The van der Waals surface area contributed by atoms with Crippen molar-refractivity contribution in [2.75, 3.05) is 4.43 Å². The Labute approximate surface area is 130 Å². The molecule has 4 N–H and O–H groups in total. The van der Waals surface area contributed by atoms with Crippen LogP contribution in [0.2, 0.25) is 0 Å². The van der Waals surface area contributed by atoms with E-state index < -0.39 is 19.8 Å². The van der Waals surface area contributed by atoms with Crippen molar-refractivity contribution in [3.63, 3.8) is 0 Å². The quantitative estimate of drug-likeness (QED) is 0.414. The van der Waals surface area contributed by atoms with Crippen LogP contribution in [0.25, 0.3) is 0 Å². The number of aliphatic hydroxyl groups is 2. The van der Waals surface area contributed by atoms with Crippen molar-refractivity contribution < 1.29 is 10.2 Å². The maximum absolute atomic E-state index is 10.0. The Bertz CT molecular complexity index is 667. The number of hydrogen-bond acceptors (Lipinski definition) is 5. The topological polar surface area (TPSA) is 91.2 Å². The predicted octanol–water partition coefficient (Wildman–Crippen LogP) is 2.49. The summed E-state index contributed by atoms with van der Waals surface area (Å²) in [6, 6.07) is 5.98. The second-order valence-corrected chi connectivity index (χ2v) is 10.2. The molecule has 3 rings (SSSR count). The van der Waals surface area contributed by atoms with Crippen molar-refractivity contribution in [3.05, 3.63) is 39.2 Å². The van der Waals surface area contributed by atoms with Gasteiger partial charge in [-0.25, -0.2) is 0 Å². The molecule has 0 fully saturated rings. The second kappa shape index (κ2) is 5.76. The molecule has 0 aromatic heterocycles. The fourth-order valence-corrected chi connectivity index (χ4v) is 7.35. The van der Waals surface area contributed by atoms with Crippen LogP contribution in [0.3, 0.4) is 0 Å². The normalized spacial score (nSPS) is 22.5. The molecule has 0 spiro atoms. The number of benzene rings is 1. The van der Waals surface area contributed by atoms with Crippen LogP contribution in [0, 0.1) is 3.57 Å². The van der Waals surface area contributed by atoms with Crippen LogP contribution in [0.4, 0.5) is 5.69 Å². The molecule has 1 aromatic rings. The SMILES string of the molecule is CC1CC=C(O)C(CI2C(N)=Nc3ccc(CO)cc32)=N1. The van der Waals surface area contributed by atoms with E-state index in [0.29, 0.717) is 8.27 Å². The predicted molar refractivity (Wildman–Crippen MR) is 93.5 cm³/mol. The summed E-state index contributed by atoms with van der Waals surface area (Å²) in [5.74, 6) is 0.282. The van der Waals surface area contributed by atoms with Gasteiger partial charge >= 0.3 is 131 Å². The molecular weight excluding hydrogens is 381 g/mol. The Kier molecular flexibility index (Phi) is 3.99. The van der Waals surface area contributed by atoms with Crippen LogP contribution in [0.5, 0.6) is 0 Å². The van der Waals surface area contributed by atoms with Crippen LogP contribution >= 0.6 is 19.8 Å². The average molecular weight is 399 g/mol. The monoisotopic (exact) mass is 399 g/mol. The first-order valence-corrected chi connectivity index (χ1v) is 10.5. The summed E-state index contributed by atoms with van der Waals surface area (Å²) in [6.45, 7) is 2.05. The van der Waals surface area contributed by atoms with E-state index in [1.54, 1.807) is 0 Å². The van der Waals surface area contributed by atoms with Crippen molar-refractivity contribution in [1.82, 2.24) is 0 Å². The molecule has 0 radical (unpaired) electrons. The number of alkyl halides is 1. The number of fused-ring (bicyclic) bond motifs is 1. The average Bonchev–Trinajstić information content (AvgIpc) is 2.78. The summed E-state index contributed by atoms with van der Waals surface area (Å²) in [6.07, 6.45) is 2.61. The minimum absolute atomic E-state index is 0.0142. The van der Waals surface area contributed by atoms with Gasteiger partial charge in [-0.2, -0.15) is 0 Å². The Balaban J connectivity index is 1.91. The third kappa shape index (κ3) is 2.82. The molecule has 0 aliphatic carbocycles. The van der Waals surface area contributed by atoms with E-state index in [0.717, 1.165) is 27.0 Å². The molecule has 0 saturated heterocycles. The fraction of sp³-hybridized carbons (Fsp3) is 0.333. The summed E-state index contributed by atoms with van der Waals surface area (Å²) in [7, 11) is 0. The molecule has 1 unspecified atom stereocenters. The van der Waals surface area contributed by atoms with Crippen molar-refractivity contribution in [2.24, 2.45) is 15.7 Å². The number of aliphatic imine (C=N–C) groups is 2. The van der Waals surface area contributed by atoms with Crippen molar-refractivity contribution in [1.29, 1.82) is 0 Å². The number of hydrogen-bond donors (Lipinski definition) is 3. The Hall–Kier alpha value is -1.41. The first-order chi connectivity index (χ1) is 10.1. The van der Waals surface area contributed by atoms with Gasteiger partial charge in [0.15, 0.2) is 0 Å². The number of aliphatic hydroxyl groups excluding tert-OH is 2. The van der Waals surface area contributed by atoms with Gasteiger partial charge in [0, 0.05) is 0 Å². The van der Waals surface area contributed by atoms with Gasteiger partial charge in [-0.05, 0) is 0 Å². The number of nitrogens with two attached hydrogens (primary N) is 1. The van der Waals surface area contributed by atoms with Crippen LogP contribution in [0.15, 0.2) is 40.0 Å². The zero-order valence-electron chi connectivity index (χ0n) is 11.8. The van der Waals surface area contributed by atoms with E-state index in [1.807, 2.05) is 31.2 Å². The van der Waals surface area contributed by atoms with E-state index in [2.05, 4.69) is 9.98 Å². The first-order valence-electron chi connectivity index (χ1n) is 6.78. The Morgan fingerprint density at radius 2 is 2.24 bits per heavy atom. The number of allylic oxidation sites excluding steroid dienone is 1. The molecular formula is C15H18IN3O2. The van der Waals surface area contributed by atoms with Crippen LogP contribution in [-0.4, -0.2) is 30.2 Å². The number of nitrogens with zero attached hydrogens (tertiary/aromatic N) is 2. The number of amidine groups is 1. The van der Waals surface area contributed by atoms with Gasteiger partial charge in [0.25, 0.3) is 0 Å². The van der Waals surface area contributed by atoms with Crippen LogP contribution in [-0.2, 0) is 6.61 Å². The molecule has 1 atom stereocenters. The molecule has 0 bridgehead atoms. The molecule has 21 heavy (non-hydrogen) atoms. The van der Waals surface area contributed by atoms with Gasteiger partial charge < -0.3 is 0 Å². The molecule has 6 heteroatoms. The molecule has 2 aliphatic heterocycles. The summed E-state index contributed by atoms with van der Waals surface area (Å²) in [5.41, 5.74) is 8.65. The number of halogens is 1. The minimum atomic E-state index is -1.87. The van der Waals surface area contributed by atoms with E-state index in [4.69, 9.17) is 5.73 Å². The third-order valence-electron chi connectivity index (χ3n) is 3.49.